The Morgan fingerprint density at radius 2 is 2.04 bits per heavy atom. The molecule has 2 aliphatic rings. The fraction of sp³-hybridized carbons (Fsp3) is 0.278. The Morgan fingerprint density at radius 3 is 2.69 bits per heavy atom. The van der Waals surface area contributed by atoms with E-state index in [0.717, 1.165) is 0 Å². The molecule has 1 N–H and O–H groups in total. The Labute approximate surface area is 155 Å². The zero-order valence-electron chi connectivity index (χ0n) is 14.0. The van der Waals surface area contributed by atoms with Gasteiger partial charge < -0.3 is 9.64 Å². The normalized spacial score (nSPS) is 19.7. The molecule has 2 aliphatic heterocycles. The number of morpholine rings is 1. The summed E-state index contributed by atoms with van der Waals surface area (Å²) in [5.41, 5.74) is 0.799. The van der Waals surface area contributed by atoms with Crippen molar-refractivity contribution in [3.8, 4) is 0 Å². The molecule has 0 atom stereocenters. The highest BCUT2D eigenvalue weighted by atomic mass is 32.1. The van der Waals surface area contributed by atoms with E-state index in [1.807, 2.05) is 4.90 Å². The number of benzene rings is 1. The monoisotopic (exact) mass is 375 g/mol. The molecule has 26 heavy (non-hydrogen) atoms. The second kappa shape index (κ2) is 7.76. The van der Waals surface area contributed by atoms with Crippen molar-refractivity contribution in [2.24, 2.45) is 0 Å². The molecule has 2 fully saturated rings. The molecule has 3 rings (SSSR count). The van der Waals surface area contributed by atoms with Gasteiger partial charge in [-0.15, -0.1) is 6.58 Å². The van der Waals surface area contributed by atoms with Crippen LogP contribution in [0.1, 0.15) is 5.56 Å². The van der Waals surface area contributed by atoms with Gasteiger partial charge in [-0.25, -0.2) is 4.39 Å². The molecule has 1 aromatic carbocycles. The van der Waals surface area contributed by atoms with Gasteiger partial charge in [-0.05, 0) is 36.0 Å². The fourth-order valence-corrected chi connectivity index (χ4v) is 3.08. The highest BCUT2D eigenvalue weighted by Crippen LogP contribution is 2.23. The second-order valence-corrected chi connectivity index (χ2v) is 6.22. The molecule has 2 amide bonds. The summed E-state index contributed by atoms with van der Waals surface area (Å²) < 4.78 is 19.8. The summed E-state index contributed by atoms with van der Waals surface area (Å²) in [5.74, 6) is -1.54. The van der Waals surface area contributed by atoms with Crippen LogP contribution in [-0.2, 0) is 14.3 Å². The van der Waals surface area contributed by atoms with Crippen molar-refractivity contribution < 1.29 is 18.7 Å². The molecule has 2 heterocycles. The molecule has 0 aliphatic carbocycles. The van der Waals surface area contributed by atoms with Gasteiger partial charge in [0.05, 0.1) is 18.9 Å². The lowest BCUT2D eigenvalue weighted by molar-refractivity contribution is -0.128. The number of hydrogen-bond acceptors (Lipinski definition) is 5. The lowest BCUT2D eigenvalue weighted by Crippen LogP contribution is -2.53. The van der Waals surface area contributed by atoms with Gasteiger partial charge in [-0.1, -0.05) is 12.1 Å². The van der Waals surface area contributed by atoms with Crippen LogP contribution in [0.3, 0.4) is 0 Å². The zero-order chi connectivity index (χ0) is 18.7. The van der Waals surface area contributed by atoms with E-state index in [-0.39, 0.29) is 17.2 Å². The molecule has 0 radical (unpaired) electrons. The van der Waals surface area contributed by atoms with Crippen molar-refractivity contribution in [1.29, 1.82) is 0 Å². The average Bonchev–Trinajstić information content (AvgIpc) is 2.63. The minimum Gasteiger partial charge on any atom is -0.378 e. The van der Waals surface area contributed by atoms with E-state index in [4.69, 9.17) is 17.0 Å². The van der Waals surface area contributed by atoms with Crippen LogP contribution in [0.4, 0.5) is 10.1 Å². The molecule has 0 aromatic heterocycles. The first kappa shape index (κ1) is 18.2. The minimum absolute atomic E-state index is 0.0332. The number of amides is 2. The maximum atomic E-state index is 14.5. The van der Waals surface area contributed by atoms with E-state index in [9.17, 15) is 14.0 Å². The van der Waals surface area contributed by atoms with E-state index in [1.165, 1.54) is 23.1 Å². The number of thiocarbonyl (C=S) groups is 1. The van der Waals surface area contributed by atoms with Crippen molar-refractivity contribution in [2.75, 3.05) is 37.7 Å². The van der Waals surface area contributed by atoms with Gasteiger partial charge >= 0.3 is 0 Å². The summed E-state index contributed by atoms with van der Waals surface area (Å²) in [6.45, 7) is 6.09. The van der Waals surface area contributed by atoms with Crippen LogP contribution in [-0.4, -0.2) is 54.7 Å². The molecule has 0 unspecified atom stereocenters. The topological polar surface area (TPSA) is 61.9 Å². The van der Waals surface area contributed by atoms with Crippen molar-refractivity contribution in [3.63, 3.8) is 0 Å². The quantitative estimate of drug-likeness (QED) is 0.374. The summed E-state index contributed by atoms with van der Waals surface area (Å²) >= 11 is 5.00. The van der Waals surface area contributed by atoms with Gasteiger partial charge in [0.1, 0.15) is 11.4 Å². The molecule has 0 bridgehead atoms. The Balaban J connectivity index is 1.87. The van der Waals surface area contributed by atoms with Gasteiger partial charge in [0.15, 0.2) is 5.11 Å². The number of ether oxygens (including phenoxy) is 1. The second-order valence-electron chi connectivity index (χ2n) is 5.83. The maximum absolute atomic E-state index is 14.5. The number of halogens is 1. The van der Waals surface area contributed by atoms with Crippen molar-refractivity contribution in [3.05, 3.63) is 47.8 Å². The number of nitrogens with one attached hydrogen (secondary N) is 1. The SMILES string of the molecule is C=CCN1C(=O)/C(=C\c2ccc(N3CCOCC3)c(F)c2)C(=O)NC1=S. The highest BCUT2D eigenvalue weighted by molar-refractivity contribution is 7.80. The van der Waals surface area contributed by atoms with Crippen molar-refractivity contribution in [1.82, 2.24) is 10.2 Å². The number of nitrogens with zero attached hydrogens (tertiary/aromatic N) is 2. The van der Waals surface area contributed by atoms with Gasteiger partial charge in [0.25, 0.3) is 11.8 Å². The fourth-order valence-electron chi connectivity index (χ4n) is 2.83. The number of anilines is 1. The predicted octanol–water partition coefficient (Wildman–Crippen LogP) is 1.48. The van der Waals surface area contributed by atoms with Crippen LogP contribution in [0, 0.1) is 5.82 Å². The Bertz CT molecular complexity index is 803. The van der Waals surface area contributed by atoms with E-state index >= 15 is 0 Å². The molecule has 6 nitrogen and oxygen atoms in total. The number of hydrogen-bond donors (Lipinski definition) is 1. The van der Waals surface area contributed by atoms with Crippen LogP contribution < -0.4 is 10.2 Å². The van der Waals surface area contributed by atoms with Gasteiger partial charge in [0.2, 0.25) is 0 Å². The van der Waals surface area contributed by atoms with E-state index < -0.39 is 17.6 Å². The van der Waals surface area contributed by atoms with Crippen molar-refractivity contribution in [2.45, 2.75) is 0 Å². The lowest BCUT2D eigenvalue weighted by atomic mass is 10.1. The Kier molecular flexibility index (Phi) is 5.43. The number of rotatable bonds is 4. The van der Waals surface area contributed by atoms with E-state index in [0.29, 0.717) is 37.6 Å². The first-order valence-corrected chi connectivity index (χ1v) is 8.54. The van der Waals surface area contributed by atoms with Gasteiger partial charge in [0, 0.05) is 19.6 Å². The first-order chi connectivity index (χ1) is 12.5. The molecule has 0 saturated carbocycles. The van der Waals surface area contributed by atoms with Crippen LogP contribution in [0.2, 0.25) is 0 Å². The molecule has 2 saturated heterocycles. The zero-order valence-corrected chi connectivity index (χ0v) is 14.9. The molecule has 0 spiro atoms. The van der Waals surface area contributed by atoms with Crippen LogP contribution in [0.15, 0.2) is 36.4 Å². The third-order valence-electron chi connectivity index (χ3n) is 4.13. The van der Waals surface area contributed by atoms with E-state index in [1.54, 1.807) is 12.1 Å². The Hall–Kier alpha value is -2.58. The molecular weight excluding hydrogens is 357 g/mol. The predicted molar refractivity (Wildman–Crippen MR) is 100 cm³/mol. The van der Waals surface area contributed by atoms with Crippen LogP contribution in [0.25, 0.3) is 6.08 Å². The summed E-state index contributed by atoms with van der Waals surface area (Å²) in [5, 5.41) is 2.49. The van der Waals surface area contributed by atoms with Crippen LogP contribution in [0.5, 0.6) is 0 Å². The summed E-state index contributed by atoms with van der Waals surface area (Å²) in [4.78, 5) is 27.7. The maximum Gasteiger partial charge on any atom is 0.265 e. The highest BCUT2D eigenvalue weighted by Gasteiger charge is 2.32. The smallest absolute Gasteiger partial charge is 0.265 e. The number of carbonyl (C=O) groups excluding carboxylic acids is 2. The summed E-state index contributed by atoms with van der Waals surface area (Å²) in [6, 6.07) is 4.62. The third-order valence-corrected chi connectivity index (χ3v) is 4.45. The van der Waals surface area contributed by atoms with Crippen LogP contribution >= 0.6 is 12.2 Å². The van der Waals surface area contributed by atoms with Gasteiger partial charge in [-0.2, -0.15) is 0 Å². The molecule has 136 valence electrons. The van der Waals surface area contributed by atoms with Gasteiger partial charge in [-0.3, -0.25) is 19.8 Å². The first-order valence-electron chi connectivity index (χ1n) is 8.13. The molecule has 8 heteroatoms. The third kappa shape index (κ3) is 3.66. The summed E-state index contributed by atoms with van der Waals surface area (Å²) in [7, 11) is 0. The molecule has 1 aromatic rings. The molecular formula is C18H18FN3O3S. The standard InChI is InChI=1S/C18H18FN3O3S/c1-2-5-22-17(24)13(16(23)20-18(22)26)10-12-3-4-15(14(19)11-12)21-6-8-25-9-7-21/h2-4,10-11H,1,5-9H2,(H,20,23,26)/b13-10-. The summed E-state index contributed by atoms with van der Waals surface area (Å²) in [6.07, 6.45) is 2.87. The lowest BCUT2D eigenvalue weighted by Gasteiger charge is -2.29. The van der Waals surface area contributed by atoms with Crippen molar-refractivity contribution >= 4 is 40.9 Å². The minimum atomic E-state index is -0.599. The van der Waals surface area contributed by atoms with E-state index in [2.05, 4.69) is 11.9 Å². The largest absolute Gasteiger partial charge is 0.378 e. The Morgan fingerprint density at radius 1 is 1.31 bits per heavy atom. The average molecular weight is 375 g/mol. The number of carbonyl (C=O) groups is 2.